The molecule has 0 rings (SSSR count). The third kappa shape index (κ3) is 26.1. The molecule has 0 nitrogen and oxygen atoms in total. The maximum absolute atomic E-state index is 3.35. The first-order valence-corrected chi connectivity index (χ1v) is 34.5. The molecular weight excluding hydrogens is 534 g/mol. The second-order valence-electron chi connectivity index (χ2n) is 0.429. The van der Waals surface area contributed by atoms with Crippen molar-refractivity contribution in [3.8, 4) is 0 Å². The van der Waals surface area contributed by atoms with Crippen LogP contribution in [0.5, 0.6) is 0 Å². The van der Waals surface area contributed by atoms with Gasteiger partial charge in [-0.1, -0.05) is 0 Å². The first-order chi connectivity index (χ1) is 2.00. The van der Waals surface area contributed by atoms with Crippen molar-refractivity contribution in [2.24, 2.45) is 0 Å². The Morgan fingerprint density at radius 2 is 1.00 bits per heavy atom. The standard InChI is InChI=1S/4BrH.Li.Pb.H/h4*1H;;;/q;;;;+1;+4;-1/p-4. The van der Waals surface area contributed by atoms with Gasteiger partial charge < -0.3 is 1.43 Å². The van der Waals surface area contributed by atoms with E-state index in [0.29, 0.717) is 0 Å². The molecule has 0 aliphatic rings. The number of hydrogen-bond donors (Lipinski definition) is 0. The van der Waals surface area contributed by atoms with Gasteiger partial charge in [0.25, 0.3) is 0 Å². The van der Waals surface area contributed by atoms with E-state index in [1.165, 1.54) is 0 Å². The first-order valence-electron chi connectivity index (χ1n) is 0.756. The van der Waals surface area contributed by atoms with E-state index in [-0.39, 0.29) is 20.3 Å². The maximum Gasteiger partial charge on any atom is 1.00 e. The van der Waals surface area contributed by atoms with Crippen LogP contribution in [-0.2, 0) is 0 Å². The molecule has 34 valence electrons. The molecule has 0 saturated heterocycles. The zero-order valence-corrected chi connectivity index (χ0v) is 13.2. The fourth-order valence-corrected chi connectivity index (χ4v) is 0. The van der Waals surface area contributed by atoms with E-state index < -0.39 is 11.5 Å². The molecule has 0 aliphatic heterocycles. The third-order valence-corrected chi connectivity index (χ3v) is 0. The van der Waals surface area contributed by atoms with Crippen LogP contribution in [-0.4, -0.2) is 11.5 Å². The van der Waals surface area contributed by atoms with E-state index in [1.807, 2.05) is 0 Å². The van der Waals surface area contributed by atoms with Crippen LogP contribution in [0.3, 0.4) is 0 Å². The van der Waals surface area contributed by atoms with Crippen molar-refractivity contribution in [3.05, 3.63) is 0 Å². The van der Waals surface area contributed by atoms with E-state index in [2.05, 4.69) is 47.9 Å². The molecule has 0 saturated carbocycles. The fraction of sp³-hybridized carbons (Fsp3) is 0. The Morgan fingerprint density at radius 3 is 1.00 bits per heavy atom. The van der Waals surface area contributed by atoms with Gasteiger partial charge in [0.2, 0.25) is 0 Å². The van der Waals surface area contributed by atoms with Crippen molar-refractivity contribution in [2.75, 3.05) is 0 Å². The van der Waals surface area contributed by atoms with E-state index in [1.54, 1.807) is 0 Å². The van der Waals surface area contributed by atoms with Crippen LogP contribution in [0.1, 0.15) is 1.43 Å². The summed E-state index contributed by atoms with van der Waals surface area (Å²) in [5.41, 5.74) is 0. The van der Waals surface area contributed by atoms with Gasteiger partial charge in [-0.2, -0.15) is 0 Å². The Labute approximate surface area is 77.7 Å². The minimum Gasteiger partial charge on any atom is -1.00 e. The number of rotatable bonds is 0. The predicted molar refractivity (Wildman–Crippen MR) is 42.6 cm³/mol. The monoisotopic (exact) mass is 532 g/mol. The average molecular weight is 535 g/mol. The van der Waals surface area contributed by atoms with Gasteiger partial charge in [-0.3, -0.25) is 0 Å². The molecule has 0 aromatic heterocycles. The molecule has 0 heterocycles. The van der Waals surface area contributed by atoms with Crippen LogP contribution < -0.4 is 18.9 Å². The van der Waals surface area contributed by atoms with Crippen LogP contribution in [0.4, 0.5) is 0 Å². The minimum absolute atomic E-state index is 0. The van der Waals surface area contributed by atoms with Gasteiger partial charge in [0.1, 0.15) is 0 Å². The van der Waals surface area contributed by atoms with Gasteiger partial charge in [0.15, 0.2) is 0 Å². The number of halogens is 4. The van der Waals surface area contributed by atoms with Gasteiger partial charge in [0, 0.05) is 0 Å². The van der Waals surface area contributed by atoms with Crippen molar-refractivity contribution < 1.29 is 20.3 Å². The fourth-order valence-electron chi connectivity index (χ4n) is 0. The number of hydrogen-bond acceptors (Lipinski definition) is 0. The van der Waals surface area contributed by atoms with Crippen LogP contribution in [0, 0.1) is 0 Å². The Hall–Kier alpha value is 3.44. The van der Waals surface area contributed by atoms with Gasteiger partial charge in [-0.05, 0) is 0 Å². The van der Waals surface area contributed by atoms with Crippen LogP contribution in [0.25, 0.3) is 0 Å². The quantitative estimate of drug-likeness (QED) is 0.388. The van der Waals surface area contributed by atoms with Crippen LogP contribution in [0.15, 0.2) is 0 Å². The summed E-state index contributed by atoms with van der Waals surface area (Å²) in [6.07, 6.45) is 0. The molecule has 0 N–H and O–H groups in total. The summed E-state index contributed by atoms with van der Waals surface area (Å²) in [5, 5.41) is 0. The smallest absolute Gasteiger partial charge is 1.00 e. The third-order valence-electron chi connectivity index (χ3n) is 0. The van der Waals surface area contributed by atoms with Crippen molar-refractivity contribution in [1.29, 1.82) is 0 Å². The van der Waals surface area contributed by atoms with Crippen LogP contribution >= 0.6 is 47.9 Å². The normalized spacial score (nSPS) is 10.0. The largest absolute Gasteiger partial charge is 1.00 e. The Kier molecular flexibility index (Phi) is 10.6. The topological polar surface area (TPSA) is 0 Å². The zero-order valence-electron chi connectivity index (χ0n) is 4.01. The molecule has 0 spiro atoms. The Bertz CT molecular complexity index is 27.2. The van der Waals surface area contributed by atoms with Gasteiger partial charge >= 0.3 is 78.3 Å². The molecular formula is HBr4LiPb. The summed E-state index contributed by atoms with van der Waals surface area (Å²) in [6.45, 7) is 0. The molecule has 0 unspecified atom stereocenters. The molecule has 0 aromatic carbocycles. The zero-order chi connectivity index (χ0) is 4.50. The van der Waals surface area contributed by atoms with Gasteiger partial charge in [-0.15, -0.1) is 0 Å². The van der Waals surface area contributed by atoms with Gasteiger partial charge in [-0.25, -0.2) is 0 Å². The van der Waals surface area contributed by atoms with Crippen molar-refractivity contribution in [1.82, 2.24) is 0 Å². The summed E-state index contributed by atoms with van der Waals surface area (Å²) < 4.78 is 0. The van der Waals surface area contributed by atoms with E-state index in [9.17, 15) is 0 Å². The van der Waals surface area contributed by atoms with E-state index in [4.69, 9.17) is 0 Å². The Morgan fingerprint density at radius 1 is 1.00 bits per heavy atom. The molecule has 0 amide bonds. The second kappa shape index (κ2) is 5.24. The minimum atomic E-state index is -2.03. The first kappa shape index (κ1) is 12.1. The second-order valence-corrected chi connectivity index (χ2v) is 102. The van der Waals surface area contributed by atoms with Crippen molar-refractivity contribution >= 4 is 59.5 Å². The molecule has 0 aliphatic carbocycles. The maximum atomic E-state index is 3.35. The molecule has 0 radical (unpaired) electrons. The summed E-state index contributed by atoms with van der Waals surface area (Å²) in [7, 11) is 0. The molecule has 0 aromatic rings. The average Bonchev–Trinajstić information content (AvgIpc) is 0.722. The van der Waals surface area contributed by atoms with E-state index >= 15 is 0 Å². The molecule has 6 heavy (non-hydrogen) atoms. The summed E-state index contributed by atoms with van der Waals surface area (Å²) >= 11 is 11.4. The Balaban J connectivity index is -0.0000000800. The summed E-state index contributed by atoms with van der Waals surface area (Å²) in [4.78, 5) is 0. The van der Waals surface area contributed by atoms with Gasteiger partial charge in [0.05, 0.1) is 0 Å². The molecule has 0 atom stereocenters. The molecule has 0 fully saturated rings. The molecule has 6 heteroatoms. The van der Waals surface area contributed by atoms with E-state index in [0.717, 1.165) is 0 Å². The van der Waals surface area contributed by atoms with Crippen molar-refractivity contribution in [3.63, 3.8) is 0 Å². The summed E-state index contributed by atoms with van der Waals surface area (Å²) in [5.74, 6) is 0. The molecule has 0 bridgehead atoms. The van der Waals surface area contributed by atoms with Crippen LogP contribution in [0.2, 0.25) is 0 Å². The SMILES string of the molecule is [Br][Pb]([Br])([Br])[Br].[H-].[Li+]. The summed E-state index contributed by atoms with van der Waals surface area (Å²) in [6, 6.07) is 0. The van der Waals surface area contributed by atoms with Crippen molar-refractivity contribution in [2.45, 2.75) is 0 Å². The predicted octanol–water partition coefficient (Wildman–Crippen LogP) is 0.118.